The number of ether oxygens (including phenoxy) is 1. The maximum Gasteiger partial charge on any atom is 0.333 e. The van der Waals surface area contributed by atoms with Gasteiger partial charge in [-0.1, -0.05) is 24.3 Å². The number of amides is 3. The summed E-state index contributed by atoms with van der Waals surface area (Å²) in [7, 11) is 1.55. The molecule has 3 aromatic rings. The standard InChI is InChI=1S/C26H31N7O3/c1-17(18-9-11-19(12-10-18)32-13-5-6-14-32)25(34)28-24-20-15-33(16-22(20)29-30-24)31-26(35)27-21-7-3-4-8-23(21)36-2/h3-4,7-12,17H,5-6,13-16H2,1-2H3,(H2,27,31,35)(H2,28,29,30,34). The number of carbonyl (C=O) groups is 2. The summed E-state index contributed by atoms with van der Waals surface area (Å²) in [5.74, 6) is 0.615. The van der Waals surface area contributed by atoms with Crippen LogP contribution in [-0.4, -0.2) is 47.3 Å². The first-order valence-electron chi connectivity index (χ1n) is 12.2. The molecule has 0 radical (unpaired) electrons. The Kier molecular flexibility index (Phi) is 6.77. The van der Waals surface area contributed by atoms with Crippen LogP contribution in [0.5, 0.6) is 5.75 Å². The topological polar surface area (TPSA) is 115 Å². The third kappa shape index (κ3) is 4.99. The molecule has 10 heteroatoms. The van der Waals surface area contributed by atoms with E-state index in [1.54, 1.807) is 24.3 Å². The van der Waals surface area contributed by atoms with Gasteiger partial charge in [-0.05, 0) is 49.6 Å². The number of para-hydroxylation sites is 2. The van der Waals surface area contributed by atoms with Gasteiger partial charge in [0.1, 0.15) is 5.75 Å². The minimum Gasteiger partial charge on any atom is -0.495 e. The number of nitrogens with one attached hydrogen (secondary N) is 4. The summed E-state index contributed by atoms with van der Waals surface area (Å²) >= 11 is 0. The first kappa shape index (κ1) is 23.7. The Morgan fingerprint density at radius 3 is 2.53 bits per heavy atom. The first-order chi connectivity index (χ1) is 17.5. The number of anilines is 3. The second-order valence-electron chi connectivity index (χ2n) is 9.15. The molecule has 3 amide bonds. The SMILES string of the molecule is COc1ccccc1NC(=O)NN1Cc2[nH]nc(NC(=O)C(C)c3ccc(N4CCCC4)cc3)c2C1. The molecule has 1 atom stereocenters. The highest BCUT2D eigenvalue weighted by atomic mass is 16.5. The van der Waals surface area contributed by atoms with Crippen LogP contribution in [0.3, 0.4) is 0 Å². The molecule has 4 N–H and O–H groups in total. The van der Waals surface area contributed by atoms with Crippen molar-refractivity contribution in [2.75, 3.05) is 35.7 Å². The highest BCUT2D eigenvalue weighted by Crippen LogP contribution is 2.29. The van der Waals surface area contributed by atoms with E-state index in [9.17, 15) is 9.59 Å². The lowest BCUT2D eigenvalue weighted by molar-refractivity contribution is -0.117. The van der Waals surface area contributed by atoms with Crippen molar-refractivity contribution in [3.8, 4) is 5.75 Å². The van der Waals surface area contributed by atoms with Gasteiger partial charge in [0.05, 0.1) is 31.0 Å². The number of rotatable bonds is 7. The predicted molar refractivity (Wildman–Crippen MR) is 138 cm³/mol. The van der Waals surface area contributed by atoms with Gasteiger partial charge in [0.25, 0.3) is 0 Å². The van der Waals surface area contributed by atoms with Crippen LogP contribution < -0.4 is 25.7 Å². The van der Waals surface area contributed by atoms with E-state index < -0.39 is 0 Å². The largest absolute Gasteiger partial charge is 0.495 e. The Labute approximate surface area is 210 Å². The summed E-state index contributed by atoms with van der Waals surface area (Å²) in [5.41, 5.74) is 7.28. The minimum absolute atomic E-state index is 0.126. The summed E-state index contributed by atoms with van der Waals surface area (Å²) in [6.45, 7) is 4.94. The zero-order valence-corrected chi connectivity index (χ0v) is 20.5. The number of H-pyrrole nitrogens is 1. The maximum atomic E-state index is 13.0. The number of fused-ring (bicyclic) bond motifs is 1. The number of hydrogen-bond donors (Lipinski definition) is 4. The quantitative estimate of drug-likeness (QED) is 0.401. The summed E-state index contributed by atoms with van der Waals surface area (Å²) < 4.78 is 5.28. The van der Waals surface area contributed by atoms with Crippen LogP contribution in [0.15, 0.2) is 48.5 Å². The van der Waals surface area contributed by atoms with Crippen LogP contribution in [0.25, 0.3) is 0 Å². The van der Waals surface area contributed by atoms with Crippen molar-refractivity contribution in [2.45, 2.75) is 38.8 Å². The lowest BCUT2D eigenvalue weighted by atomic mass is 10.00. The number of aromatic nitrogens is 2. The molecule has 5 rings (SSSR count). The third-order valence-corrected chi connectivity index (χ3v) is 6.76. The molecule has 0 bridgehead atoms. The van der Waals surface area contributed by atoms with Gasteiger partial charge in [-0.2, -0.15) is 5.10 Å². The zero-order chi connectivity index (χ0) is 25.1. The van der Waals surface area contributed by atoms with Gasteiger partial charge in [0, 0.05) is 30.9 Å². The predicted octanol–water partition coefficient (Wildman–Crippen LogP) is 3.81. The van der Waals surface area contributed by atoms with Gasteiger partial charge in [0.15, 0.2) is 5.82 Å². The molecule has 188 valence electrons. The number of nitrogens with zero attached hydrogens (tertiary/aromatic N) is 3. The van der Waals surface area contributed by atoms with E-state index in [0.717, 1.165) is 29.9 Å². The van der Waals surface area contributed by atoms with Gasteiger partial charge >= 0.3 is 6.03 Å². The van der Waals surface area contributed by atoms with Gasteiger partial charge in [0.2, 0.25) is 5.91 Å². The number of methoxy groups -OCH3 is 1. The fourth-order valence-corrected chi connectivity index (χ4v) is 4.69. The highest BCUT2D eigenvalue weighted by molar-refractivity contribution is 5.95. The van der Waals surface area contributed by atoms with E-state index in [1.807, 2.05) is 31.2 Å². The molecule has 36 heavy (non-hydrogen) atoms. The lowest BCUT2D eigenvalue weighted by Gasteiger charge is -2.19. The van der Waals surface area contributed by atoms with Gasteiger partial charge in [-0.15, -0.1) is 0 Å². The van der Waals surface area contributed by atoms with Crippen molar-refractivity contribution in [2.24, 2.45) is 0 Å². The van der Waals surface area contributed by atoms with Crippen molar-refractivity contribution in [1.29, 1.82) is 0 Å². The van der Waals surface area contributed by atoms with Gasteiger partial charge in [-0.3, -0.25) is 15.3 Å². The summed E-state index contributed by atoms with van der Waals surface area (Å²) in [5, 5.41) is 14.8. The van der Waals surface area contributed by atoms with E-state index in [0.29, 0.717) is 30.3 Å². The van der Waals surface area contributed by atoms with Crippen LogP contribution >= 0.6 is 0 Å². The molecule has 1 fully saturated rings. The van der Waals surface area contributed by atoms with E-state index in [1.165, 1.54) is 18.5 Å². The van der Waals surface area contributed by atoms with E-state index >= 15 is 0 Å². The molecule has 0 aliphatic carbocycles. The van der Waals surface area contributed by atoms with Gasteiger partial charge < -0.3 is 20.3 Å². The molecule has 3 heterocycles. The normalized spacial score (nSPS) is 15.9. The number of aromatic amines is 1. The molecule has 0 spiro atoms. The van der Waals surface area contributed by atoms with E-state index in [-0.39, 0.29) is 17.9 Å². The molecular formula is C26H31N7O3. The summed E-state index contributed by atoms with van der Waals surface area (Å²) in [4.78, 5) is 27.9. The fourth-order valence-electron chi connectivity index (χ4n) is 4.69. The van der Waals surface area contributed by atoms with Crippen molar-refractivity contribution in [1.82, 2.24) is 20.6 Å². The number of hydrazine groups is 1. The summed E-state index contributed by atoms with van der Waals surface area (Å²) in [6.07, 6.45) is 2.46. The van der Waals surface area contributed by atoms with Crippen LogP contribution in [0, 0.1) is 0 Å². The lowest BCUT2D eigenvalue weighted by Crippen LogP contribution is -2.41. The van der Waals surface area contributed by atoms with Gasteiger partial charge in [-0.25, -0.2) is 9.80 Å². The summed E-state index contributed by atoms with van der Waals surface area (Å²) in [6, 6.07) is 15.1. The van der Waals surface area contributed by atoms with Crippen LogP contribution in [0.1, 0.15) is 42.5 Å². The molecule has 2 aliphatic heterocycles. The Balaban J connectivity index is 1.17. The third-order valence-electron chi connectivity index (χ3n) is 6.76. The first-order valence-corrected chi connectivity index (χ1v) is 12.2. The van der Waals surface area contributed by atoms with Crippen LogP contribution in [-0.2, 0) is 17.9 Å². The maximum absolute atomic E-state index is 13.0. The van der Waals surface area contributed by atoms with Crippen molar-refractivity contribution >= 4 is 29.1 Å². The molecule has 10 nitrogen and oxygen atoms in total. The Morgan fingerprint density at radius 1 is 1.03 bits per heavy atom. The van der Waals surface area contributed by atoms with Crippen LogP contribution in [0.4, 0.5) is 22.0 Å². The smallest absolute Gasteiger partial charge is 0.333 e. The van der Waals surface area contributed by atoms with E-state index in [4.69, 9.17) is 4.74 Å². The number of hydrogen-bond acceptors (Lipinski definition) is 6. The van der Waals surface area contributed by atoms with Crippen LogP contribution in [0.2, 0.25) is 0 Å². The number of benzene rings is 2. The van der Waals surface area contributed by atoms with E-state index in [2.05, 4.69) is 43.3 Å². The second-order valence-corrected chi connectivity index (χ2v) is 9.15. The fraction of sp³-hybridized carbons (Fsp3) is 0.346. The Bertz CT molecular complexity index is 1230. The molecular weight excluding hydrogens is 458 g/mol. The van der Waals surface area contributed by atoms with Crippen molar-refractivity contribution in [3.63, 3.8) is 0 Å². The Hall–Kier alpha value is -4.05. The second kappa shape index (κ2) is 10.3. The zero-order valence-electron chi connectivity index (χ0n) is 20.5. The molecule has 0 saturated carbocycles. The Morgan fingerprint density at radius 2 is 1.78 bits per heavy atom. The average molecular weight is 490 g/mol. The monoisotopic (exact) mass is 489 g/mol. The average Bonchev–Trinajstić information content (AvgIpc) is 3.63. The number of carbonyl (C=O) groups excluding carboxylic acids is 2. The molecule has 1 saturated heterocycles. The minimum atomic E-state index is -0.380. The van der Waals surface area contributed by atoms with Crippen molar-refractivity contribution in [3.05, 3.63) is 65.4 Å². The molecule has 2 aromatic carbocycles. The van der Waals surface area contributed by atoms with Crippen molar-refractivity contribution < 1.29 is 14.3 Å². The molecule has 1 aromatic heterocycles. The highest BCUT2D eigenvalue weighted by Gasteiger charge is 2.28. The molecule has 2 aliphatic rings. The number of urea groups is 1. The molecule has 1 unspecified atom stereocenters.